The molecule has 1 heterocycles. The summed E-state index contributed by atoms with van der Waals surface area (Å²) >= 11 is 0. The maximum absolute atomic E-state index is 3.57. The predicted molar refractivity (Wildman–Crippen MR) is 71.8 cm³/mol. The van der Waals surface area contributed by atoms with E-state index in [9.17, 15) is 0 Å². The normalized spacial score (nSPS) is 19.7. The fourth-order valence-corrected chi connectivity index (χ4v) is 2.19. The van der Waals surface area contributed by atoms with Crippen molar-refractivity contribution in [2.45, 2.75) is 52.9 Å². The number of hydrogen-bond acceptors (Lipinski definition) is 2. The summed E-state index contributed by atoms with van der Waals surface area (Å²) in [5.41, 5.74) is 0.468. The minimum absolute atomic E-state index is 0.468. The average Bonchev–Trinajstić information content (AvgIpc) is 2.44. The molecule has 2 nitrogen and oxygen atoms in total. The molecule has 1 aliphatic rings. The summed E-state index contributed by atoms with van der Waals surface area (Å²) in [6.45, 7) is 13.1. The Kier molecular flexibility index (Phi) is 6.37. The molecule has 16 heavy (non-hydrogen) atoms. The van der Waals surface area contributed by atoms with E-state index in [2.05, 4.69) is 31.0 Å². The third-order valence-electron chi connectivity index (χ3n) is 3.36. The van der Waals surface area contributed by atoms with Crippen LogP contribution in [0.25, 0.3) is 0 Å². The number of nitrogens with zero attached hydrogens (tertiary/aromatic N) is 1. The average molecular weight is 226 g/mol. The Bertz CT molecular complexity index is 164. The van der Waals surface area contributed by atoms with Gasteiger partial charge in [-0.1, -0.05) is 33.6 Å². The molecule has 0 radical (unpaired) electrons. The van der Waals surface area contributed by atoms with Crippen molar-refractivity contribution >= 4 is 0 Å². The van der Waals surface area contributed by atoms with Crippen LogP contribution in [0.3, 0.4) is 0 Å². The van der Waals surface area contributed by atoms with Crippen molar-refractivity contribution in [2.75, 3.05) is 32.7 Å². The zero-order valence-electron chi connectivity index (χ0n) is 11.5. The first kappa shape index (κ1) is 14.0. The summed E-state index contributed by atoms with van der Waals surface area (Å²) in [5.74, 6) is 0. The SMILES string of the molecule is CC(C)(C)CCNCCN1CCCCCC1. The van der Waals surface area contributed by atoms with Gasteiger partial charge in [0.2, 0.25) is 0 Å². The number of rotatable bonds is 5. The second-order valence-electron chi connectivity index (χ2n) is 6.32. The van der Waals surface area contributed by atoms with Crippen LogP contribution in [0.4, 0.5) is 0 Å². The first-order chi connectivity index (χ1) is 7.58. The molecule has 96 valence electrons. The monoisotopic (exact) mass is 226 g/mol. The highest BCUT2D eigenvalue weighted by Gasteiger charge is 2.10. The van der Waals surface area contributed by atoms with Crippen LogP contribution in [0.1, 0.15) is 52.9 Å². The molecule has 1 aliphatic heterocycles. The van der Waals surface area contributed by atoms with Crippen molar-refractivity contribution in [3.63, 3.8) is 0 Å². The van der Waals surface area contributed by atoms with Crippen LogP contribution in [0.2, 0.25) is 0 Å². The van der Waals surface area contributed by atoms with Crippen LogP contribution < -0.4 is 5.32 Å². The van der Waals surface area contributed by atoms with Gasteiger partial charge in [0.05, 0.1) is 0 Å². The van der Waals surface area contributed by atoms with E-state index in [4.69, 9.17) is 0 Å². The molecule has 0 unspecified atom stereocenters. The van der Waals surface area contributed by atoms with Gasteiger partial charge in [-0.3, -0.25) is 0 Å². The molecule has 0 aliphatic carbocycles. The highest BCUT2D eigenvalue weighted by molar-refractivity contribution is 4.66. The number of likely N-dealkylation sites (tertiary alicyclic amines) is 1. The maximum Gasteiger partial charge on any atom is 0.0107 e. The molecule has 0 bridgehead atoms. The van der Waals surface area contributed by atoms with Gasteiger partial charge < -0.3 is 10.2 Å². The summed E-state index contributed by atoms with van der Waals surface area (Å²) < 4.78 is 0. The Labute approximate surface area is 102 Å². The zero-order valence-corrected chi connectivity index (χ0v) is 11.5. The molecular formula is C14H30N2. The van der Waals surface area contributed by atoms with Gasteiger partial charge in [0, 0.05) is 13.1 Å². The standard InChI is InChI=1S/C14H30N2/c1-14(2,3)8-9-15-10-13-16-11-6-4-5-7-12-16/h15H,4-13H2,1-3H3. The Morgan fingerprint density at radius 1 is 0.938 bits per heavy atom. The maximum atomic E-state index is 3.57. The van der Waals surface area contributed by atoms with Crippen molar-refractivity contribution in [3.8, 4) is 0 Å². The second-order valence-corrected chi connectivity index (χ2v) is 6.32. The lowest BCUT2D eigenvalue weighted by atomic mass is 9.92. The Hall–Kier alpha value is -0.0800. The highest BCUT2D eigenvalue weighted by Crippen LogP contribution is 2.16. The van der Waals surface area contributed by atoms with E-state index in [1.54, 1.807) is 0 Å². The van der Waals surface area contributed by atoms with E-state index in [-0.39, 0.29) is 0 Å². The molecule has 0 saturated carbocycles. The van der Waals surface area contributed by atoms with Crippen LogP contribution in [-0.2, 0) is 0 Å². The van der Waals surface area contributed by atoms with Crippen molar-refractivity contribution in [2.24, 2.45) is 5.41 Å². The molecule has 0 aromatic rings. The Morgan fingerprint density at radius 2 is 1.56 bits per heavy atom. The molecule has 0 aromatic carbocycles. The topological polar surface area (TPSA) is 15.3 Å². The van der Waals surface area contributed by atoms with Crippen LogP contribution in [0.15, 0.2) is 0 Å². The minimum atomic E-state index is 0.468. The molecule has 1 fully saturated rings. The second kappa shape index (κ2) is 7.29. The van der Waals surface area contributed by atoms with Gasteiger partial charge in [-0.2, -0.15) is 0 Å². The van der Waals surface area contributed by atoms with E-state index in [0.717, 1.165) is 13.1 Å². The van der Waals surface area contributed by atoms with Crippen LogP contribution in [0, 0.1) is 5.41 Å². The van der Waals surface area contributed by atoms with E-state index in [0.29, 0.717) is 5.41 Å². The molecule has 2 heteroatoms. The quantitative estimate of drug-likeness (QED) is 0.725. The van der Waals surface area contributed by atoms with Gasteiger partial charge in [0.15, 0.2) is 0 Å². The van der Waals surface area contributed by atoms with E-state index >= 15 is 0 Å². The van der Waals surface area contributed by atoms with E-state index in [1.165, 1.54) is 51.7 Å². The third kappa shape index (κ3) is 7.24. The Morgan fingerprint density at radius 3 is 2.12 bits per heavy atom. The number of nitrogens with one attached hydrogen (secondary N) is 1. The highest BCUT2D eigenvalue weighted by atomic mass is 15.1. The summed E-state index contributed by atoms with van der Waals surface area (Å²) in [5, 5.41) is 3.57. The lowest BCUT2D eigenvalue weighted by Crippen LogP contribution is -2.33. The molecule has 1 N–H and O–H groups in total. The smallest absolute Gasteiger partial charge is 0.0107 e. The zero-order chi connectivity index (χ0) is 11.9. The first-order valence-corrected chi connectivity index (χ1v) is 7.01. The van der Waals surface area contributed by atoms with Crippen molar-refractivity contribution < 1.29 is 0 Å². The molecule has 0 spiro atoms. The summed E-state index contributed by atoms with van der Waals surface area (Å²) in [7, 11) is 0. The Balaban J connectivity index is 1.97. The molecule has 1 saturated heterocycles. The molecule has 1 rings (SSSR count). The van der Waals surface area contributed by atoms with Gasteiger partial charge in [-0.15, -0.1) is 0 Å². The van der Waals surface area contributed by atoms with Crippen molar-refractivity contribution in [1.29, 1.82) is 0 Å². The third-order valence-corrected chi connectivity index (χ3v) is 3.36. The molecule has 0 amide bonds. The van der Waals surface area contributed by atoms with Gasteiger partial charge >= 0.3 is 0 Å². The predicted octanol–water partition coefficient (Wildman–Crippen LogP) is 2.89. The first-order valence-electron chi connectivity index (χ1n) is 7.01. The summed E-state index contributed by atoms with van der Waals surface area (Å²) in [6, 6.07) is 0. The minimum Gasteiger partial charge on any atom is -0.315 e. The molecule has 0 atom stereocenters. The number of hydrogen-bond donors (Lipinski definition) is 1. The lowest BCUT2D eigenvalue weighted by Gasteiger charge is -2.21. The van der Waals surface area contributed by atoms with Gasteiger partial charge in [-0.25, -0.2) is 0 Å². The fourth-order valence-electron chi connectivity index (χ4n) is 2.19. The van der Waals surface area contributed by atoms with Crippen LogP contribution in [-0.4, -0.2) is 37.6 Å². The summed E-state index contributed by atoms with van der Waals surface area (Å²) in [4.78, 5) is 2.62. The molecule has 0 aromatic heterocycles. The van der Waals surface area contributed by atoms with Gasteiger partial charge in [-0.05, 0) is 44.3 Å². The van der Waals surface area contributed by atoms with E-state index < -0.39 is 0 Å². The fraction of sp³-hybridized carbons (Fsp3) is 1.00. The largest absolute Gasteiger partial charge is 0.315 e. The van der Waals surface area contributed by atoms with Gasteiger partial charge in [0.25, 0.3) is 0 Å². The van der Waals surface area contributed by atoms with Crippen molar-refractivity contribution in [1.82, 2.24) is 10.2 Å². The summed E-state index contributed by atoms with van der Waals surface area (Å²) in [6.07, 6.45) is 6.96. The van der Waals surface area contributed by atoms with E-state index in [1.807, 2.05) is 0 Å². The van der Waals surface area contributed by atoms with Crippen LogP contribution in [0.5, 0.6) is 0 Å². The van der Waals surface area contributed by atoms with Gasteiger partial charge in [0.1, 0.15) is 0 Å². The lowest BCUT2D eigenvalue weighted by molar-refractivity contribution is 0.280. The van der Waals surface area contributed by atoms with Crippen LogP contribution >= 0.6 is 0 Å². The van der Waals surface area contributed by atoms with Crippen molar-refractivity contribution in [3.05, 3.63) is 0 Å². The molecular weight excluding hydrogens is 196 g/mol.